The minimum Gasteiger partial charge on any atom is -0.497 e. The number of hydrogen-bond donors (Lipinski definition) is 2. The largest absolute Gasteiger partial charge is 0.497 e. The number of amides is 1. The molecule has 0 fully saturated rings. The number of rotatable bonds is 10. The Kier molecular flexibility index (Phi) is 8.33. The number of carbonyl (C=O) groups excluding carboxylic acids is 1. The fourth-order valence-electron chi connectivity index (χ4n) is 4.68. The van der Waals surface area contributed by atoms with Gasteiger partial charge >= 0.3 is 0 Å². The van der Waals surface area contributed by atoms with Gasteiger partial charge in [0.05, 0.1) is 46.8 Å². The van der Waals surface area contributed by atoms with Crippen LogP contribution in [0, 0.1) is 5.92 Å². The molecule has 0 saturated carbocycles. The first kappa shape index (κ1) is 26.5. The normalized spacial score (nSPS) is 14.4. The summed E-state index contributed by atoms with van der Waals surface area (Å²) in [7, 11) is 7.95. The highest BCUT2D eigenvalue weighted by molar-refractivity contribution is 7.16. The second-order valence-corrected chi connectivity index (χ2v) is 10.0. The molecule has 9 heteroatoms. The predicted molar refractivity (Wildman–Crippen MR) is 146 cm³/mol. The molecule has 1 heterocycles. The van der Waals surface area contributed by atoms with E-state index in [0.717, 1.165) is 35.4 Å². The summed E-state index contributed by atoms with van der Waals surface area (Å²) in [5.41, 5.74) is 3.28. The molecular weight excluding hydrogens is 492 g/mol. The van der Waals surface area contributed by atoms with Gasteiger partial charge in [-0.1, -0.05) is 6.92 Å². The molecule has 3 aromatic rings. The molecule has 0 aliphatic heterocycles. The van der Waals surface area contributed by atoms with Crippen molar-refractivity contribution in [1.29, 1.82) is 0 Å². The second-order valence-electron chi connectivity index (χ2n) is 8.92. The van der Waals surface area contributed by atoms with E-state index in [1.807, 2.05) is 12.1 Å². The van der Waals surface area contributed by atoms with Gasteiger partial charge in [0, 0.05) is 23.1 Å². The summed E-state index contributed by atoms with van der Waals surface area (Å²) >= 11 is 1.65. The van der Waals surface area contributed by atoms with Crippen molar-refractivity contribution >= 4 is 27.9 Å². The summed E-state index contributed by atoms with van der Waals surface area (Å²) in [5.74, 6) is 3.33. The second kappa shape index (κ2) is 11.6. The zero-order valence-electron chi connectivity index (χ0n) is 22.2. The van der Waals surface area contributed by atoms with Gasteiger partial charge in [-0.25, -0.2) is 0 Å². The molecule has 0 spiro atoms. The van der Waals surface area contributed by atoms with E-state index in [9.17, 15) is 4.79 Å². The number of fused-ring (bicyclic) bond motifs is 1. The van der Waals surface area contributed by atoms with Crippen molar-refractivity contribution in [3.8, 4) is 28.7 Å². The maximum absolute atomic E-state index is 13.7. The topological polar surface area (TPSA) is 87.3 Å². The van der Waals surface area contributed by atoms with Crippen LogP contribution in [0.3, 0.4) is 0 Å². The monoisotopic (exact) mass is 526 g/mol. The molecule has 1 amide bonds. The number of thiophene rings is 1. The van der Waals surface area contributed by atoms with E-state index in [1.54, 1.807) is 65.1 Å². The SMILES string of the molecule is COc1ccc(NC(=O)c2c(NCc3ccc(OC)c(OC)c3OC)sc3c2CCC(C)C3)c(OC)c1. The van der Waals surface area contributed by atoms with E-state index in [1.165, 1.54) is 4.88 Å². The van der Waals surface area contributed by atoms with E-state index >= 15 is 0 Å². The van der Waals surface area contributed by atoms with Gasteiger partial charge in [0.2, 0.25) is 5.75 Å². The van der Waals surface area contributed by atoms with Crippen LogP contribution in [0.1, 0.15) is 39.7 Å². The summed E-state index contributed by atoms with van der Waals surface area (Å²) in [5, 5.41) is 7.40. The number of anilines is 2. The van der Waals surface area contributed by atoms with Crippen LogP contribution in [0.2, 0.25) is 0 Å². The van der Waals surface area contributed by atoms with E-state index in [4.69, 9.17) is 23.7 Å². The lowest BCUT2D eigenvalue weighted by atomic mass is 9.88. The number of carbonyl (C=O) groups is 1. The highest BCUT2D eigenvalue weighted by Crippen LogP contribution is 2.43. The highest BCUT2D eigenvalue weighted by Gasteiger charge is 2.28. The van der Waals surface area contributed by atoms with Gasteiger partial charge in [0.1, 0.15) is 16.5 Å². The Morgan fingerprint density at radius 3 is 2.38 bits per heavy atom. The predicted octanol–water partition coefficient (Wildman–Crippen LogP) is 5.78. The van der Waals surface area contributed by atoms with Crippen molar-refractivity contribution in [2.45, 2.75) is 32.7 Å². The first-order chi connectivity index (χ1) is 17.9. The Balaban J connectivity index is 1.66. The third kappa shape index (κ3) is 5.41. The zero-order valence-corrected chi connectivity index (χ0v) is 23.0. The number of benzene rings is 2. The molecule has 4 rings (SSSR count). The molecule has 8 nitrogen and oxygen atoms in total. The summed E-state index contributed by atoms with van der Waals surface area (Å²) in [6.07, 6.45) is 2.89. The third-order valence-electron chi connectivity index (χ3n) is 6.62. The van der Waals surface area contributed by atoms with Crippen LogP contribution >= 0.6 is 11.3 Å². The van der Waals surface area contributed by atoms with Crippen LogP contribution in [0.5, 0.6) is 28.7 Å². The maximum Gasteiger partial charge on any atom is 0.259 e. The average Bonchev–Trinajstić information content (AvgIpc) is 3.28. The number of methoxy groups -OCH3 is 5. The number of ether oxygens (including phenoxy) is 5. The fraction of sp³-hybridized carbons (Fsp3) is 0.393. The quantitative estimate of drug-likeness (QED) is 0.346. The van der Waals surface area contributed by atoms with Crippen molar-refractivity contribution < 1.29 is 28.5 Å². The minimum atomic E-state index is -0.169. The Hall–Kier alpha value is -3.59. The molecular formula is C28H34N2O6S. The van der Waals surface area contributed by atoms with Crippen LogP contribution < -0.4 is 34.3 Å². The van der Waals surface area contributed by atoms with Crippen molar-refractivity contribution in [3.63, 3.8) is 0 Å². The summed E-state index contributed by atoms with van der Waals surface area (Å²) < 4.78 is 27.4. The standard InChI is InChI=1S/C28H34N2O6S/c1-16-7-10-19-23(13-16)37-28(29-15-17-8-12-21(33-3)26(36-6)25(17)35-5)24(19)27(31)30-20-11-9-18(32-2)14-22(20)34-4/h8-9,11-12,14,16,29H,7,10,13,15H2,1-6H3,(H,30,31). The van der Waals surface area contributed by atoms with Crippen molar-refractivity contribution in [3.05, 3.63) is 51.9 Å². The molecule has 0 saturated heterocycles. The molecule has 37 heavy (non-hydrogen) atoms. The Labute approximate surface area is 221 Å². The minimum absolute atomic E-state index is 0.169. The number of nitrogens with one attached hydrogen (secondary N) is 2. The average molecular weight is 527 g/mol. The van der Waals surface area contributed by atoms with E-state index < -0.39 is 0 Å². The van der Waals surface area contributed by atoms with Crippen molar-refractivity contribution in [2.24, 2.45) is 5.92 Å². The van der Waals surface area contributed by atoms with E-state index in [-0.39, 0.29) is 5.91 Å². The summed E-state index contributed by atoms with van der Waals surface area (Å²) in [6.45, 7) is 2.71. The van der Waals surface area contributed by atoms with Crippen LogP contribution in [-0.4, -0.2) is 41.5 Å². The Bertz CT molecular complexity index is 1270. The van der Waals surface area contributed by atoms with E-state index in [0.29, 0.717) is 52.5 Å². The molecule has 2 N–H and O–H groups in total. The zero-order chi connectivity index (χ0) is 26.5. The van der Waals surface area contributed by atoms with Gasteiger partial charge in [-0.3, -0.25) is 4.79 Å². The van der Waals surface area contributed by atoms with Crippen LogP contribution in [0.15, 0.2) is 30.3 Å². The van der Waals surface area contributed by atoms with Crippen molar-refractivity contribution in [1.82, 2.24) is 0 Å². The lowest BCUT2D eigenvalue weighted by molar-refractivity contribution is 0.102. The smallest absolute Gasteiger partial charge is 0.259 e. The molecule has 0 bridgehead atoms. The maximum atomic E-state index is 13.7. The molecule has 2 aromatic carbocycles. The van der Waals surface area contributed by atoms with E-state index in [2.05, 4.69) is 17.6 Å². The van der Waals surface area contributed by atoms with Gasteiger partial charge in [-0.2, -0.15) is 0 Å². The molecule has 1 atom stereocenters. The van der Waals surface area contributed by atoms with Gasteiger partial charge in [-0.15, -0.1) is 11.3 Å². The Morgan fingerprint density at radius 1 is 0.946 bits per heavy atom. The summed E-state index contributed by atoms with van der Waals surface area (Å²) in [4.78, 5) is 15.0. The number of hydrogen-bond acceptors (Lipinski definition) is 8. The Morgan fingerprint density at radius 2 is 1.70 bits per heavy atom. The third-order valence-corrected chi connectivity index (χ3v) is 7.83. The van der Waals surface area contributed by atoms with Crippen LogP contribution in [0.4, 0.5) is 10.7 Å². The van der Waals surface area contributed by atoms with Gasteiger partial charge < -0.3 is 34.3 Å². The van der Waals surface area contributed by atoms with Crippen molar-refractivity contribution in [2.75, 3.05) is 46.2 Å². The molecule has 1 unspecified atom stereocenters. The van der Waals surface area contributed by atoms with Crippen LogP contribution in [-0.2, 0) is 19.4 Å². The molecule has 1 aliphatic carbocycles. The molecule has 198 valence electrons. The highest BCUT2D eigenvalue weighted by atomic mass is 32.1. The molecule has 0 radical (unpaired) electrons. The summed E-state index contributed by atoms with van der Waals surface area (Å²) in [6, 6.07) is 9.13. The van der Waals surface area contributed by atoms with Gasteiger partial charge in [0.15, 0.2) is 11.5 Å². The van der Waals surface area contributed by atoms with Crippen LogP contribution in [0.25, 0.3) is 0 Å². The molecule has 1 aliphatic rings. The van der Waals surface area contributed by atoms with Gasteiger partial charge in [0.25, 0.3) is 5.91 Å². The first-order valence-electron chi connectivity index (χ1n) is 12.1. The molecule has 1 aromatic heterocycles. The fourth-order valence-corrected chi connectivity index (χ4v) is 6.08. The van der Waals surface area contributed by atoms with Gasteiger partial charge in [-0.05, 0) is 55.0 Å². The lowest BCUT2D eigenvalue weighted by Gasteiger charge is -2.19. The first-order valence-corrected chi connectivity index (χ1v) is 12.9. The lowest BCUT2D eigenvalue weighted by Crippen LogP contribution is -2.18.